The van der Waals surface area contributed by atoms with E-state index in [0.717, 1.165) is 51.1 Å². The van der Waals surface area contributed by atoms with Gasteiger partial charge in [0, 0.05) is 25.2 Å². The van der Waals surface area contributed by atoms with Gasteiger partial charge in [-0.25, -0.2) is 18.1 Å². The molecule has 3 heterocycles. The molecule has 1 fully saturated rings. The zero-order valence-electron chi connectivity index (χ0n) is 11.8. The van der Waals surface area contributed by atoms with E-state index < -0.39 is 10.0 Å². The summed E-state index contributed by atoms with van der Waals surface area (Å²) >= 11 is 0. The normalized spacial score (nSPS) is 27.2. The van der Waals surface area contributed by atoms with Gasteiger partial charge >= 0.3 is 0 Å². The van der Waals surface area contributed by atoms with Crippen molar-refractivity contribution in [3.05, 3.63) is 12.0 Å². The van der Waals surface area contributed by atoms with Crippen LogP contribution < -0.4 is 10.0 Å². The zero-order chi connectivity index (χ0) is 14.2. The van der Waals surface area contributed by atoms with Gasteiger partial charge in [0.15, 0.2) is 5.03 Å². The van der Waals surface area contributed by atoms with Gasteiger partial charge in [-0.05, 0) is 38.3 Å². The second-order valence-corrected chi connectivity index (χ2v) is 7.50. The third-order valence-electron chi connectivity index (χ3n) is 4.25. The Labute approximate surface area is 120 Å². The molecule has 1 aromatic rings. The Morgan fingerprint density at radius 2 is 2.30 bits per heavy atom. The summed E-state index contributed by atoms with van der Waals surface area (Å²) in [4.78, 5) is 4.31. The fourth-order valence-electron chi connectivity index (χ4n) is 2.96. The van der Waals surface area contributed by atoms with Gasteiger partial charge in [-0.2, -0.15) is 0 Å². The number of fused-ring (bicyclic) bond motifs is 1. The van der Waals surface area contributed by atoms with Crippen LogP contribution in [0, 0.1) is 5.92 Å². The number of imidazole rings is 1. The molecule has 3 rings (SSSR count). The number of piperidine rings is 1. The molecule has 0 saturated carbocycles. The first kappa shape index (κ1) is 14.0. The molecule has 2 aliphatic heterocycles. The minimum atomic E-state index is -3.50. The topological polar surface area (TPSA) is 76.0 Å². The SMILES string of the molecule is CC1CNCCC1NS(=O)(=O)c1cn2c(n1)CCCC2. The van der Waals surface area contributed by atoms with E-state index in [-0.39, 0.29) is 11.1 Å². The second-order valence-electron chi connectivity index (χ2n) is 5.84. The molecule has 2 unspecified atom stereocenters. The summed E-state index contributed by atoms with van der Waals surface area (Å²) in [7, 11) is -3.50. The molecular formula is C13H22N4O2S. The number of sulfonamides is 1. The molecule has 2 atom stereocenters. The Balaban J connectivity index is 1.79. The van der Waals surface area contributed by atoms with Crippen molar-refractivity contribution in [2.24, 2.45) is 5.92 Å². The molecule has 0 radical (unpaired) electrons. The molecule has 1 saturated heterocycles. The number of nitrogens with one attached hydrogen (secondary N) is 2. The van der Waals surface area contributed by atoms with Crippen molar-refractivity contribution in [3.63, 3.8) is 0 Å². The van der Waals surface area contributed by atoms with Crippen molar-refractivity contribution < 1.29 is 8.42 Å². The average molecular weight is 298 g/mol. The molecule has 0 spiro atoms. The highest BCUT2D eigenvalue weighted by Crippen LogP contribution is 2.19. The van der Waals surface area contributed by atoms with E-state index in [9.17, 15) is 8.42 Å². The van der Waals surface area contributed by atoms with E-state index in [1.165, 1.54) is 0 Å². The summed E-state index contributed by atoms with van der Waals surface area (Å²) in [5.74, 6) is 1.20. The van der Waals surface area contributed by atoms with Crippen LogP contribution in [0.2, 0.25) is 0 Å². The average Bonchev–Trinajstić information content (AvgIpc) is 2.86. The number of nitrogens with zero attached hydrogens (tertiary/aromatic N) is 2. The van der Waals surface area contributed by atoms with Crippen LogP contribution in [0.15, 0.2) is 11.2 Å². The van der Waals surface area contributed by atoms with Gasteiger partial charge in [0.05, 0.1) is 0 Å². The van der Waals surface area contributed by atoms with Crippen molar-refractivity contribution in [3.8, 4) is 0 Å². The predicted molar refractivity (Wildman–Crippen MR) is 75.9 cm³/mol. The molecule has 0 amide bonds. The Morgan fingerprint density at radius 1 is 1.45 bits per heavy atom. The lowest BCUT2D eigenvalue weighted by atomic mass is 9.97. The lowest BCUT2D eigenvalue weighted by Crippen LogP contribution is -2.48. The van der Waals surface area contributed by atoms with Crippen molar-refractivity contribution in [2.45, 2.75) is 50.2 Å². The van der Waals surface area contributed by atoms with E-state index >= 15 is 0 Å². The van der Waals surface area contributed by atoms with Gasteiger partial charge in [-0.15, -0.1) is 0 Å². The number of aryl methyl sites for hydroxylation is 2. The summed E-state index contributed by atoms with van der Waals surface area (Å²) in [5.41, 5.74) is 0. The lowest BCUT2D eigenvalue weighted by molar-refractivity contribution is 0.328. The van der Waals surface area contributed by atoms with Crippen molar-refractivity contribution in [2.75, 3.05) is 13.1 Å². The minimum absolute atomic E-state index is 0.0000203. The second kappa shape index (κ2) is 5.46. The van der Waals surface area contributed by atoms with Gasteiger partial charge in [0.25, 0.3) is 10.0 Å². The maximum atomic E-state index is 12.5. The van der Waals surface area contributed by atoms with Crippen LogP contribution in [0.1, 0.15) is 32.0 Å². The van der Waals surface area contributed by atoms with Crippen LogP contribution >= 0.6 is 0 Å². The molecule has 112 valence electrons. The molecule has 0 aromatic carbocycles. The first-order valence-electron chi connectivity index (χ1n) is 7.35. The summed E-state index contributed by atoms with van der Waals surface area (Å²) < 4.78 is 29.7. The van der Waals surface area contributed by atoms with Gasteiger partial charge in [-0.3, -0.25) is 0 Å². The largest absolute Gasteiger partial charge is 0.333 e. The highest BCUT2D eigenvalue weighted by Gasteiger charge is 2.29. The molecule has 2 N–H and O–H groups in total. The number of hydrogen-bond acceptors (Lipinski definition) is 4. The monoisotopic (exact) mass is 298 g/mol. The molecule has 1 aromatic heterocycles. The van der Waals surface area contributed by atoms with Gasteiger partial charge in [-0.1, -0.05) is 6.92 Å². The van der Waals surface area contributed by atoms with Crippen molar-refractivity contribution in [1.29, 1.82) is 0 Å². The smallest absolute Gasteiger partial charge is 0.259 e. The van der Waals surface area contributed by atoms with E-state index in [1.807, 2.05) is 4.57 Å². The summed E-state index contributed by atoms with van der Waals surface area (Å²) in [6.07, 6.45) is 5.58. The summed E-state index contributed by atoms with van der Waals surface area (Å²) in [5, 5.41) is 3.46. The maximum absolute atomic E-state index is 12.5. The van der Waals surface area contributed by atoms with Crippen LogP contribution in [0.25, 0.3) is 0 Å². The first-order valence-corrected chi connectivity index (χ1v) is 8.84. The van der Waals surface area contributed by atoms with Gasteiger partial charge in [0.2, 0.25) is 0 Å². The standard InChI is InChI=1S/C13H22N4O2S/c1-10-8-14-6-5-11(10)16-20(18,19)13-9-17-7-3-2-4-12(17)15-13/h9-11,14,16H,2-8H2,1H3. The Morgan fingerprint density at radius 3 is 3.05 bits per heavy atom. The number of rotatable bonds is 3. The molecule has 20 heavy (non-hydrogen) atoms. The van der Waals surface area contributed by atoms with E-state index in [4.69, 9.17) is 0 Å². The Bertz CT molecular complexity index is 558. The summed E-state index contributed by atoms with van der Waals surface area (Å²) in [6, 6.07) is -0.0000203. The van der Waals surface area contributed by atoms with Gasteiger partial charge < -0.3 is 9.88 Å². The molecule has 7 heteroatoms. The van der Waals surface area contributed by atoms with E-state index in [1.54, 1.807) is 6.20 Å². The van der Waals surface area contributed by atoms with E-state index in [2.05, 4.69) is 21.9 Å². The summed E-state index contributed by atoms with van der Waals surface area (Å²) in [6.45, 7) is 4.66. The van der Waals surface area contributed by atoms with Crippen LogP contribution in [0.4, 0.5) is 0 Å². The molecular weight excluding hydrogens is 276 g/mol. The van der Waals surface area contributed by atoms with Crippen LogP contribution in [-0.2, 0) is 23.0 Å². The lowest BCUT2D eigenvalue weighted by Gasteiger charge is -2.29. The predicted octanol–water partition coefficient (Wildman–Crippen LogP) is 0.496. The number of hydrogen-bond donors (Lipinski definition) is 2. The molecule has 2 aliphatic rings. The molecule has 6 nitrogen and oxygen atoms in total. The highest BCUT2D eigenvalue weighted by atomic mass is 32.2. The Kier molecular flexibility index (Phi) is 3.83. The van der Waals surface area contributed by atoms with E-state index in [0.29, 0.717) is 5.92 Å². The first-order chi connectivity index (χ1) is 9.56. The van der Waals surface area contributed by atoms with Gasteiger partial charge in [0.1, 0.15) is 5.82 Å². The number of aromatic nitrogens is 2. The minimum Gasteiger partial charge on any atom is -0.333 e. The third-order valence-corrected chi connectivity index (χ3v) is 5.61. The van der Waals surface area contributed by atoms with Crippen molar-refractivity contribution >= 4 is 10.0 Å². The van der Waals surface area contributed by atoms with Crippen molar-refractivity contribution in [1.82, 2.24) is 19.6 Å². The van der Waals surface area contributed by atoms with Crippen LogP contribution in [0.5, 0.6) is 0 Å². The Hall–Kier alpha value is -0.920. The maximum Gasteiger partial charge on any atom is 0.259 e. The molecule has 0 bridgehead atoms. The van der Waals surface area contributed by atoms with Crippen LogP contribution in [-0.4, -0.2) is 37.1 Å². The van der Waals surface area contributed by atoms with Crippen LogP contribution in [0.3, 0.4) is 0 Å². The quantitative estimate of drug-likeness (QED) is 0.852. The zero-order valence-corrected chi connectivity index (χ0v) is 12.6. The highest BCUT2D eigenvalue weighted by molar-refractivity contribution is 7.89. The fourth-order valence-corrected chi connectivity index (χ4v) is 4.33. The fraction of sp³-hybridized carbons (Fsp3) is 0.769. The third kappa shape index (κ3) is 2.75. The molecule has 0 aliphatic carbocycles.